The minimum absolute atomic E-state index is 0.313. The molecule has 3 atom stereocenters. The molecular formula is C33H28O6. The minimum Gasteiger partial charge on any atom is -0.497 e. The van der Waals surface area contributed by atoms with Crippen molar-refractivity contribution in [3.05, 3.63) is 125 Å². The van der Waals surface area contributed by atoms with Crippen LogP contribution in [0.4, 0.5) is 0 Å². The molecule has 1 aliphatic rings. The van der Waals surface area contributed by atoms with Gasteiger partial charge < -0.3 is 14.2 Å². The predicted molar refractivity (Wildman–Crippen MR) is 147 cm³/mol. The Bertz CT molecular complexity index is 1480. The molecule has 196 valence electrons. The van der Waals surface area contributed by atoms with E-state index in [9.17, 15) is 14.4 Å². The highest BCUT2D eigenvalue weighted by Gasteiger charge is 2.49. The van der Waals surface area contributed by atoms with Gasteiger partial charge in [0.1, 0.15) is 23.4 Å². The summed E-state index contributed by atoms with van der Waals surface area (Å²) in [4.78, 5) is 42.4. The molecule has 0 spiro atoms. The fourth-order valence-corrected chi connectivity index (χ4v) is 4.98. The average molecular weight is 521 g/mol. The lowest BCUT2D eigenvalue weighted by atomic mass is 9.71. The van der Waals surface area contributed by atoms with Gasteiger partial charge in [0.05, 0.1) is 31.1 Å². The lowest BCUT2D eigenvalue weighted by Gasteiger charge is -2.36. The molecule has 0 aromatic heterocycles. The van der Waals surface area contributed by atoms with E-state index < -0.39 is 29.5 Å². The second kappa shape index (κ2) is 11.4. The monoisotopic (exact) mass is 520 g/mol. The largest absolute Gasteiger partial charge is 0.497 e. The van der Waals surface area contributed by atoms with E-state index in [0.717, 1.165) is 0 Å². The first-order valence-electron chi connectivity index (χ1n) is 12.8. The number of carbonyl (C=O) groups is 3. The highest BCUT2D eigenvalue weighted by Crippen LogP contribution is 2.44. The first-order chi connectivity index (χ1) is 19.0. The molecule has 0 fully saturated rings. The Hall–Kier alpha value is -4.71. The van der Waals surface area contributed by atoms with Gasteiger partial charge in [0.15, 0.2) is 17.3 Å². The molecule has 0 amide bonds. The number of Topliss-reactive ketones (excluding diaryl/α,β-unsaturated/α-hetero) is 3. The lowest BCUT2D eigenvalue weighted by Crippen LogP contribution is -2.43. The van der Waals surface area contributed by atoms with Gasteiger partial charge in [0.2, 0.25) is 0 Å². The number of hydrogen-bond donors (Lipinski definition) is 0. The Morgan fingerprint density at radius 2 is 1.36 bits per heavy atom. The van der Waals surface area contributed by atoms with Gasteiger partial charge in [-0.2, -0.15) is 0 Å². The maximum atomic E-state index is 14.2. The minimum atomic E-state index is -1.32. The van der Waals surface area contributed by atoms with E-state index in [1.807, 2.05) is 6.92 Å². The standard InChI is InChI=1S/C33H28O6/c1-3-38-25-19-13-22(14-20-25)31(35)28(30(34)21-9-5-4-6-10-21)29-32(36)26-11-7-8-12-27(26)39-33(29)23-15-17-24(37-2)18-16-23/h4-20,28-29,33H,3H2,1-2H3. The summed E-state index contributed by atoms with van der Waals surface area (Å²) in [5, 5.41) is 0. The van der Waals surface area contributed by atoms with Crippen LogP contribution in [-0.2, 0) is 0 Å². The number of carbonyl (C=O) groups excluding carboxylic acids is 3. The lowest BCUT2D eigenvalue weighted by molar-refractivity contribution is 0.0428. The van der Waals surface area contributed by atoms with Crippen LogP contribution in [0.15, 0.2) is 103 Å². The molecule has 5 rings (SSSR count). The zero-order chi connectivity index (χ0) is 27.4. The summed E-state index contributed by atoms with van der Waals surface area (Å²) in [6, 6.07) is 29.3. The molecule has 6 nitrogen and oxygen atoms in total. The number of rotatable bonds is 9. The molecular weight excluding hydrogens is 492 g/mol. The highest BCUT2D eigenvalue weighted by molar-refractivity contribution is 6.20. The Balaban J connectivity index is 1.65. The van der Waals surface area contributed by atoms with Gasteiger partial charge in [0.25, 0.3) is 0 Å². The third-order valence-corrected chi connectivity index (χ3v) is 6.91. The van der Waals surface area contributed by atoms with Crippen molar-refractivity contribution >= 4 is 17.3 Å². The maximum Gasteiger partial charge on any atom is 0.174 e. The van der Waals surface area contributed by atoms with Crippen molar-refractivity contribution in [2.24, 2.45) is 11.8 Å². The predicted octanol–water partition coefficient (Wildman–Crippen LogP) is 6.41. The first kappa shape index (κ1) is 25.9. The van der Waals surface area contributed by atoms with Crippen LogP contribution in [0.3, 0.4) is 0 Å². The molecule has 0 bridgehead atoms. The SMILES string of the molecule is CCOc1ccc(C(=O)C(C(=O)c2ccccc2)C2C(=O)c3ccccc3OC2c2ccc(OC)cc2)cc1. The summed E-state index contributed by atoms with van der Waals surface area (Å²) in [6.45, 7) is 2.36. The van der Waals surface area contributed by atoms with Crippen molar-refractivity contribution in [2.45, 2.75) is 13.0 Å². The number of benzene rings is 4. The van der Waals surface area contributed by atoms with Crippen molar-refractivity contribution in [2.75, 3.05) is 13.7 Å². The summed E-state index contributed by atoms with van der Waals surface area (Å²) in [6.07, 6.45) is -0.873. The van der Waals surface area contributed by atoms with Crippen LogP contribution in [-0.4, -0.2) is 31.1 Å². The van der Waals surface area contributed by atoms with Gasteiger partial charge in [-0.05, 0) is 61.0 Å². The second-order valence-corrected chi connectivity index (χ2v) is 9.23. The van der Waals surface area contributed by atoms with Crippen LogP contribution in [0, 0.1) is 11.8 Å². The van der Waals surface area contributed by atoms with Crippen LogP contribution in [0.1, 0.15) is 49.7 Å². The number of ether oxygens (including phenoxy) is 3. The van der Waals surface area contributed by atoms with Gasteiger partial charge in [-0.15, -0.1) is 0 Å². The highest BCUT2D eigenvalue weighted by atomic mass is 16.5. The normalized spacial score (nSPS) is 16.9. The molecule has 0 radical (unpaired) electrons. The fraction of sp³-hybridized carbons (Fsp3) is 0.182. The molecule has 0 saturated carbocycles. The van der Waals surface area contributed by atoms with Gasteiger partial charge in [0, 0.05) is 11.1 Å². The molecule has 0 aliphatic carbocycles. The summed E-state index contributed by atoms with van der Waals surface area (Å²) >= 11 is 0. The molecule has 0 N–H and O–H groups in total. The first-order valence-corrected chi connectivity index (χ1v) is 12.8. The van der Waals surface area contributed by atoms with Crippen LogP contribution >= 0.6 is 0 Å². The second-order valence-electron chi connectivity index (χ2n) is 9.23. The quantitative estimate of drug-likeness (QED) is 0.187. The smallest absolute Gasteiger partial charge is 0.174 e. The van der Waals surface area contributed by atoms with E-state index in [1.165, 1.54) is 0 Å². The van der Waals surface area contributed by atoms with Crippen molar-refractivity contribution in [1.82, 2.24) is 0 Å². The third-order valence-electron chi connectivity index (χ3n) is 6.91. The number of para-hydroxylation sites is 1. The van der Waals surface area contributed by atoms with Gasteiger partial charge in [-0.3, -0.25) is 14.4 Å². The van der Waals surface area contributed by atoms with E-state index in [1.54, 1.807) is 110 Å². The van der Waals surface area contributed by atoms with E-state index in [0.29, 0.717) is 46.1 Å². The van der Waals surface area contributed by atoms with Gasteiger partial charge in [-0.25, -0.2) is 0 Å². The molecule has 6 heteroatoms. The number of hydrogen-bond acceptors (Lipinski definition) is 6. The maximum absolute atomic E-state index is 14.2. The summed E-state index contributed by atoms with van der Waals surface area (Å²) in [5.74, 6) is -1.95. The van der Waals surface area contributed by atoms with Crippen LogP contribution in [0.25, 0.3) is 0 Å². The summed E-state index contributed by atoms with van der Waals surface area (Å²) in [5.41, 5.74) is 1.67. The molecule has 4 aromatic carbocycles. The summed E-state index contributed by atoms with van der Waals surface area (Å²) in [7, 11) is 1.57. The van der Waals surface area contributed by atoms with Crippen molar-refractivity contribution < 1.29 is 28.6 Å². The zero-order valence-corrected chi connectivity index (χ0v) is 21.7. The molecule has 39 heavy (non-hydrogen) atoms. The van der Waals surface area contributed by atoms with E-state index >= 15 is 0 Å². The van der Waals surface area contributed by atoms with Crippen molar-refractivity contribution in [1.29, 1.82) is 0 Å². The topological polar surface area (TPSA) is 78.9 Å². The van der Waals surface area contributed by atoms with E-state index in [2.05, 4.69) is 0 Å². The Labute approximate surface area is 227 Å². The average Bonchev–Trinajstić information content (AvgIpc) is 2.99. The number of fused-ring (bicyclic) bond motifs is 1. The van der Waals surface area contributed by atoms with Crippen molar-refractivity contribution in [3.63, 3.8) is 0 Å². The molecule has 1 aliphatic heterocycles. The Morgan fingerprint density at radius 3 is 2.00 bits per heavy atom. The van der Waals surface area contributed by atoms with E-state index in [-0.39, 0.29) is 5.78 Å². The zero-order valence-electron chi connectivity index (χ0n) is 21.7. The fourth-order valence-electron chi connectivity index (χ4n) is 4.98. The van der Waals surface area contributed by atoms with Gasteiger partial charge in [-0.1, -0.05) is 54.6 Å². The van der Waals surface area contributed by atoms with Gasteiger partial charge >= 0.3 is 0 Å². The Kier molecular flexibility index (Phi) is 7.55. The number of ketones is 3. The van der Waals surface area contributed by atoms with Crippen molar-refractivity contribution in [3.8, 4) is 17.2 Å². The Morgan fingerprint density at radius 1 is 0.769 bits per heavy atom. The molecule has 1 heterocycles. The van der Waals surface area contributed by atoms with Crippen LogP contribution in [0.2, 0.25) is 0 Å². The summed E-state index contributed by atoms with van der Waals surface area (Å²) < 4.78 is 17.2. The van der Waals surface area contributed by atoms with Crippen LogP contribution in [0.5, 0.6) is 17.2 Å². The van der Waals surface area contributed by atoms with E-state index in [4.69, 9.17) is 14.2 Å². The molecule has 4 aromatic rings. The molecule has 0 saturated heterocycles. The number of methoxy groups -OCH3 is 1. The molecule has 3 unspecified atom stereocenters. The third kappa shape index (κ3) is 5.18. The van der Waals surface area contributed by atoms with Crippen LogP contribution < -0.4 is 14.2 Å².